The molecule has 2 N–H and O–H groups in total. The third kappa shape index (κ3) is 2.85. The second-order valence-corrected chi connectivity index (χ2v) is 5.94. The molecular formula is C13H9ClN2O3S. The van der Waals surface area contributed by atoms with E-state index in [2.05, 4.69) is 4.72 Å². The van der Waals surface area contributed by atoms with Crippen LogP contribution in [0.25, 0.3) is 0 Å². The Morgan fingerprint density at radius 1 is 1.20 bits per heavy atom. The van der Waals surface area contributed by atoms with E-state index in [1.807, 2.05) is 6.07 Å². The zero-order valence-corrected chi connectivity index (χ0v) is 11.6. The predicted octanol–water partition coefficient (Wildman–Crippen LogP) is 2.72. The van der Waals surface area contributed by atoms with Crippen LogP contribution in [0.5, 0.6) is 5.75 Å². The molecule has 0 aliphatic rings. The molecule has 0 saturated carbocycles. The van der Waals surface area contributed by atoms with Gasteiger partial charge < -0.3 is 5.11 Å². The number of nitrogens with zero attached hydrogens (tertiary/aromatic N) is 1. The van der Waals surface area contributed by atoms with Crippen molar-refractivity contribution < 1.29 is 13.5 Å². The van der Waals surface area contributed by atoms with Crippen LogP contribution in [-0.4, -0.2) is 13.5 Å². The third-order valence-corrected chi connectivity index (χ3v) is 4.22. The van der Waals surface area contributed by atoms with Crippen molar-refractivity contribution in [1.29, 1.82) is 5.26 Å². The number of nitrogens with one attached hydrogen (secondary N) is 1. The minimum atomic E-state index is -3.95. The molecule has 0 fully saturated rings. The Kier molecular flexibility index (Phi) is 3.84. The first-order valence-electron chi connectivity index (χ1n) is 5.44. The van der Waals surface area contributed by atoms with E-state index in [1.54, 1.807) is 0 Å². The SMILES string of the molecule is N#Cc1ccc(NS(=O)(=O)c2ccccc2O)c(Cl)c1. The van der Waals surface area contributed by atoms with Crippen LogP contribution in [0, 0.1) is 11.3 Å². The van der Waals surface area contributed by atoms with Gasteiger partial charge in [-0.05, 0) is 30.3 Å². The standard InChI is InChI=1S/C13H9ClN2O3S/c14-10-7-9(8-15)5-6-11(10)16-20(18,19)13-4-2-1-3-12(13)17/h1-7,16-17H. The van der Waals surface area contributed by atoms with Crippen molar-refractivity contribution in [2.75, 3.05) is 4.72 Å². The summed E-state index contributed by atoms with van der Waals surface area (Å²) in [5.74, 6) is -0.357. The fourth-order valence-corrected chi connectivity index (χ4v) is 3.01. The van der Waals surface area contributed by atoms with Crippen molar-refractivity contribution in [2.24, 2.45) is 0 Å². The monoisotopic (exact) mass is 308 g/mol. The molecule has 7 heteroatoms. The average molecular weight is 309 g/mol. The molecule has 20 heavy (non-hydrogen) atoms. The highest BCUT2D eigenvalue weighted by Crippen LogP contribution is 2.28. The van der Waals surface area contributed by atoms with Gasteiger partial charge in [0, 0.05) is 0 Å². The summed E-state index contributed by atoms with van der Waals surface area (Å²) in [6, 6.07) is 11.6. The Morgan fingerprint density at radius 2 is 1.90 bits per heavy atom. The van der Waals surface area contributed by atoms with E-state index in [4.69, 9.17) is 16.9 Å². The van der Waals surface area contributed by atoms with Crippen molar-refractivity contribution in [3.05, 3.63) is 53.1 Å². The van der Waals surface area contributed by atoms with Crippen LogP contribution in [0.1, 0.15) is 5.56 Å². The Hall–Kier alpha value is -2.23. The van der Waals surface area contributed by atoms with Gasteiger partial charge in [-0.2, -0.15) is 5.26 Å². The predicted molar refractivity (Wildman–Crippen MR) is 75.1 cm³/mol. The zero-order valence-electron chi connectivity index (χ0n) is 10.0. The highest BCUT2D eigenvalue weighted by atomic mass is 35.5. The number of hydrogen-bond donors (Lipinski definition) is 2. The van der Waals surface area contributed by atoms with Gasteiger partial charge in [-0.25, -0.2) is 8.42 Å². The number of phenols is 1. The van der Waals surface area contributed by atoms with Gasteiger partial charge in [0.2, 0.25) is 0 Å². The second-order valence-electron chi connectivity index (χ2n) is 3.88. The molecular weight excluding hydrogens is 300 g/mol. The summed E-state index contributed by atoms with van der Waals surface area (Å²) >= 11 is 5.90. The van der Waals surface area contributed by atoms with E-state index < -0.39 is 10.0 Å². The highest BCUT2D eigenvalue weighted by Gasteiger charge is 2.19. The molecule has 0 heterocycles. The molecule has 0 aromatic heterocycles. The van der Waals surface area contributed by atoms with Gasteiger partial charge in [-0.1, -0.05) is 23.7 Å². The van der Waals surface area contributed by atoms with E-state index in [1.165, 1.54) is 42.5 Å². The summed E-state index contributed by atoms with van der Waals surface area (Å²) in [4.78, 5) is -0.250. The molecule has 5 nitrogen and oxygen atoms in total. The Morgan fingerprint density at radius 3 is 2.50 bits per heavy atom. The highest BCUT2D eigenvalue weighted by molar-refractivity contribution is 7.92. The number of nitriles is 1. The Balaban J connectivity index is 2.40. The first kappa shape index (κ1) is 14.2. The number of anilines is 1. The fraction of sp³-hybridized carbons (Fsp3) is 0. The molecule has 2 aromatic rings. The molecule has 2 aromatic carbocycles. The number of benzene rings is 2. The van der Waals surface area contributed by atoms with E-state index in [-0.39, 0.29) is 21.4 Å². The van der Waals surface area contributed by atoms with Crippen molar-refractivity contribution in [3.63, 3.8) is 0 Å². The van der Waals surface area contributed by atoms with Crippen LogP contribution < -0.4 is 4.72 Å². The average Bonchev–Trinajstić information content (AvgIpc) is 2.41. The van der Waals surface area contributed by atoms with Crippen molar-refractivity contribution in [1.82, 2.24) is 0 Å². The largest absolute Gasteiger partial charge is 0.507 e. The maximum atomic E-state index is 12.1. The molecule has 0 aliphatic carbocycles. The number of halogens is 1. The van der Waals surface area contributed by atoms with Crippen molar-refractivity contribution >= 4 is 27.3 Å². The molecule has 0 unspecified atom stereocenters. The smallest absolute Gasteiger partial charge is 0.265 e. The van der Waals surface area contributed by atoms with Gasteiger partial charge in [0.15, 0.2) is 0 Å². The first-order valence-corrected chi connectivity index (χ1v) is 7.30. The molecule has 0 amide bonds. The van der Waals surface area contributed by atoms with Crippen LogP contribution in [0.2, 0.25) is 5.02 Å². The van der Waals surface area contributed by atoms with E-state index >= 15 is 0 Å². The van der Waals surface area contributed by atoms with Crippen LogP contribution in [-0.2, 0) is 10.0 Å². The number of phenolic OH excluding ortho intramolecular Hbond substituents is 1. The summed E-state index contributed by atoms with van der Waals surface area (Å²) in [5, 5.41) is 18.4. The molecule has 0 aliphatic heterocycles. The summed E-state index contributed by atoms with van der Waals surface area (Å²) in [5.41, 5.74) is 0.453. The van der Waals surface area contributed by atoms with Crippen LogP contribution in [0.4, 0.5) is 5.69 Å². The molecule has 0 atom stereocenters. The second kappa shape index (κ2) is 5.41. The maximum Gasteiger partial charge on any atom is 0.265 e. The van der Waals surface area contributed by atoms with Crippen molar-refractivity contribution in [3.8, 4) is 11.8 Å². The number of sulfonamides is 1. The molecule has 2 rings (SSSR count). The van der Waals surface area contributed by atoms with Gasteiger partial charge in [-0.15, -0.1) is 0 Å². The summed E-state index contributed by atoms with van der Waals surface area (Å²) in [6.45, 7) is 0. The minimum Gasteiger partial charge on any atom is -0.507 e. The van der Waals surface area contributed by atoms with Gasteiger partial charge >= 0.3 is 0 Å². The lowest BCUT2D eigenvalue weighted by Crippen LogP contribution is -2.13. The Bertz CT molecular complexity index is 798. The topological polar surface area (TPSA) is 90.2 Å². The van der Waals surface area contributed by atoms with Gasteiger partial charge in [-0.3, -0.25) is 4.72 Å². The number of rotatable bonds is 3. The number of aromatic hydroxyl groups is 1. The zero-order chi connectivity index (χ0) is 14.8. The molecule has 0 saturated heterocycles. The normalized spacial score (nSPS) is 10.8. The summed E-state index contributed by atoms with van der Waals surface area (Å²) in [7, 11) is -3.95. The quantitative estimate of drug-likeness (QED) is 0.912. The molecule has 0 spiro atoms. The molecule has 0 bridgehead atoms. The van der Waals surface area contributed by atoms with Crippen LogP contribution in [0.3, 0.4) is 0 Å². The number of hydrogen-bond acceptors (Lipinski definition) is 4. The van der Waals surface area contributed by atoms with Gasteiger partial charge in [0.05, 0.1) is 22.3 Å². The van der Waals surface area contributed by atoms with Gasteiger partial charge in [0.1, 0.15) is 10.6 Å². The van der Waals surface area contributed by atoms with Gasteiger partial charge in [0.25, 0.3) is 10.0 Å². The van der Waals surface area contributed by atoms with E-state index in [0.29, 0.717) is 5.56 Å². The van der Waals surface area contributed by atoms with Crippen LogP contribution >= 0.6 is 11.6 Å². The minimum absolute atomic E-state index is 0.100. The lowest BCUT2D eigenvalue weighted by atomic mass is 10.2. The lowest BCUT2D eigenvalue weighted by Gasteiger charge is -2.10. The molecule has 102 valence electrons. The lowest BCUT2D eigenvalue weighted by molar-refractivity contribution is 0.459. The van der Waals surface area contributed by atoms with E-state index in [9.17, 15) is 13.5 Å². The maximum absolute atomic E-state index is 12.1. The first-order chi connectivity index (χ1) is 9.44. The molecule has 0 radical (unpaired) electrons. The third-order valence-electron chi connectivity index (χ3n) is 2.50. The summed E-state index contributed by atoms with van der Waals surface area (Å²) in [6.07, 6.45) is 0. The van der Waals surface area contributed by atoms with E-state index in [0.717, 1.165) is 0 Å². The van der Waals surface area contributed by atoms with Crippen molar-refractivity contribution in [2.45, 2.75) is 4.90 Å². The van der Waals surface area contributed by atoms with Crippen LogP contribution in [0.15, 0.2) is 47.4 Å². The summed E-state index contributed by atoms with van der Waals surface area (Å²) < 4.78 is 26.5. The number of para-hydroxylation sites is 1. The fourth-order valence-electron chi connectivity index (χ4n) is 1.55. The Labute approximate surface area is 121 Å².